The molecule has 2 aromatic rings. The molecule has 0 atom stereocenters. The molecule has 0 saturated carbocycles. The van der Waals surface area contributed by atoms with Gasteiger partial charge in [0.1, 0.15) is 11.6 Å². The van der Waals surface area contributed by atoms with E-state index in [1.54, 1.807) is 12.1 Å². The van der Waals surface area contributed by atoms with Crippen molar-refractivity contribution in [2.45, 2.75) is 18.6 Å². The fraction of sp³-hybridized carbons (Fsp3) is 0.350. The van der Waals surface area contributed by atoms with E-state index < -0.39 is 15.8 Å². The molecule has 0 aromatic heterocycles. The third kappa shape index (κ3) is 4.88. The standard InChI is InChI=1S/C20H23FN2O4S/c1-27-19-5-3-2-4-18(19)22-20(24)16-10-12-23(13-11-16)28(25,26)14-15-6-8-17(21)9-7-15/h2-9,16H,10-14H2,1H3,(H,22,24). The molecule has 6 nitrogen and oxygen atoms in total. The molecule has 8 heteroatoms. The number of para-hydroxylation sites is 2. The molecule has 1 heterocycles. The van der Waals surface area contributed by atoms with Crippen molar-refractivity contribution in [2.24, 2.45) is 5.92 Å². The maximum Gasteiger partial charge on any atom is 0.227 e. The minimum Gasteiger partial charge on any atom is -0.495 e. The molecule has 1 saturated heterocycles. The first-order chi connectivity index (χ1) is 13.4. The van der Waals surface area contributed by atoms with Crippen molar-refractivity contribution in [1.82, 2.24) is 4.31 Å². The fourth-order valence-electron chi connectivity index (χ4n) is 3.26. The Labute approximate surface area is 164 Å². The number of amides is 1. The first kappa shape index (κ1) is 20.3. The van der Waals surface area contributed by atoms with Crippen LogP contribution in [0.3, 0.4) is 0 Å². The van der Waals surface area contributed by atoms with Gasteiger partial charge in [-0.25, -0.2) is 17.1 Å². The fourth-order valence-corrected chi connectivity index (χ4v) is 4.82. The number of piperidine rings is 1. The summed E-state index contributed by atoms with van der Waals surface area (Å²) in [5.41, 5.74) is 1.14. The summed E-state index contributed by atoms with van der Waals surface area (Å²) in [6, 6.07) is 12.6. The maximum absolute atomic E-state index is 13.0. The second kappa shape index (κ2) is 8.70. The lowest BCUT2D eigenvalue weighted by atomic mass is 9.97. The zero-order valence-corrected chi connectivity index (χ0v) is 16.4. The van der Waals surface area contributed by atoms with E-state index in [9.17, 15) is 17.6 Å². The van der Waals surface area contributed by atoms with Gasteiger partial charge in [0.05, 0.1) is 18.6 Å². The molecule has 1 N–H and O–H groups in total. The monoisotopic (exact) mass is 406 g/mol. The first-order valence-corrected chi connectivity index (χ1v) is 10.7. The summed E-state index contributed by atoms with van der Waals surface area (Å²) < 4.78 is 44.8. The number of halogens is 1. The largest absolute Gasteiger partial charge is 0.495 e. The Morgan fingerprint density at radius 3 is 2.43 bits per heavy atom. The summed E-state index contributed by atoms with van der Waals surface area (Å²) in [5.74, 6) is -0.397. The number of anilines is 1. The van der Waals surface area contributed by atoms with Crippen molar-refractivity contribution in [3.8, 4) is 5.75 Å². The van der Waals surface area contributed by atoms with Gasteiger partial charge in [-0.15, -0.1) is 0 Å². The number of nitrogens with zero attached hydrogens (tertiary/aromatic N) is 1. The van der Waals surface area contributed by atoms with Gasteiger partial charge in [0.2, 0.25) is 15.9 Å². The van der Waals surface area contributed by atoms with Crippen LogP contribution in [0.5, 0.6) is 5.75 Å². The SMILES string of the molecule is COc1ccccc1NC(=O)C1CCN(S(=O)(=O)Cc2ccc(F)cc2)CC1. The molecular formula is C20H23FN2O4S. The molecule has 28 heavy (non-hydrogen) atoms. The highest BCUT2D eigenvalue weighted by molar-refractivity contribution is 7.88. The quantitative estimate of drug-likeness (QED) is 0.800. The van der Waals surface area contributed by atoms with Crippen molar-refractivity contribution in [2.75, 3.05) is 25.5 Å². The Hall–Kier alpha value is -2.45. The number of rotatable bonds is 6. The van der Waals surface area contributed by atoms with Crippen molar-refractivity contribution < 1.29 is 22.3 Å². The summed E-state index contributed by atoms with van der Waals surface area (Å²) in [6.45, 7) is 0.571. The minimum absolute atomic E-state index is 0.139. The summed E-state index contributed by atoms with van der Waals surface area (Å²) in [7, 11) is -1.97. The van der Waals surface area contributed by atoms with Gasteiger partial charge in [0.25, 0.3) is 0 Å². The molecule has 3 rings (SSSR count). The molecule has 1 aliphatic rings. The van der Waals surface area contributed by atoms with Crippen LogP contribution in [-0.2, 0) is 20.6 Å². The first-order valence-electron chi connectivity index (χ1n) is 9.05. The van der Waals surface area contributed by atoms with Gasteiger partial charge < -0.3 is 10.1 Å². The molecule has 1 fully saturated rings. The lowest BCUT2D eigenvalue weighted by Crippen LogP contribution is -2.41. The third-order valence-corrected chi connectivity index (χ3v) is 6.70. The third-order valence-electron chi connectivity index (χ3n) is 4.85. The van der Waals surface area contributed by atoms with Crippen LogP contribution in [0, 0.1) is 11.7 Å². The van der Waals surface area contributed by atoms with Crippen molar-refractivity contribution in [3.63, 3.8) is 0 Å². The Morgan fingerprint density at radius 2 is 1.79 bits per heavy atom. The molecule has 0 spiro atoms. The van der Waals surface area contributed by atoms with E-state index in [1.165, 1.54) is 35.7 Å². The van der Waals surface area contributed by atoms with Crippen LogP contribution < -0.4 is 10.1 Å². The van der Waals surface area contributed by atoms with Gasteiger partial charge in [-0.2, -0.15) is 0 Å². The molecule has 0 unspecified atom stereocenters. The molecule has 0 bridgehead atoms. The molecule has 2 aromatic carbocycles. The van der Waals surface area contributed by atoms with E-state index in [2.05, 4.69) is 5.32 Å². The second-order valence-electron chi connectivity index (χ2n) is 6.75. The highest BCUT2D eigenvalue weighted by Crippen LogP contribution is 2.27. The molecule has 0 aliphatic carbocycles. The van der Waals surface area contributed by atoms with Crippen LogP contribution in [0.25, 0.3) is 0 Å². The molecule has 1 aliphatic heterocycles. The maximum atomic E-state index is 13.0. The number of hydrogen-bond donors (Lipinski definition) is 1. The van der Waals surface area contributed by atoms with Crippen molar-refractivity contribution in [1.29, 1.82) is 0 Å². The van der Waals surface area contributed by atoms with Gasteiger partial charge >= 0.3 is 0 Å². The van der Waals surface area contributed by atoms with Crippen LogP contribution in [0.4, 0.5) is 10.1 Å². The van der Waals surface area contributed by atoms with Gasteiger partial charge in [-0.1, -0.05) is 24.3 Å². The van der Waals surface area contributed by atoms with E-state index in [4.69, 9.17) is 4.74 Å². The smallest absolute Gasteiger partial charge is 0.227 e. The zero-order valence-electron chi connectivity index (χ0n) is 15.6. The highest BCUT2D eigenvalue weighted by Gasteiger charge is 2.31. The van der Waals surface area contributed by atoms with E-state index in [0.29, 0.717) is 29.8 Å². The predicted octanol–water partition coefficient (Wildman–Crippen LogP) is 3.01. The second-order valence-corrected chi connectivity index (χ2v) is 8.71. The number of hydrogen-bond acceptors (Lipinski definition) is 4. The zero-order chi connectivity index (χ0) is 20.1. The van der Waals surface area contributed by atoms with Crippen molar-refractivity contribution in [3.05, 3.63) is 59.9 Å². The van der Waals surface area contributed by atoms with Gasteiger partial charge in [0.15, 0.2) is 0 Å². The normalized spacial score (nSPS) is 15.9. The Balaban J connectivity index is 1.57. The number of nitrogens with one attached hydrogen (secondary N) is 1. The van der Waals surface area contributed by atoms with Crippen LogP contribution in [0.15, 0.2) is 48.5 Å². The average Bonchev–Trinajstić information content (AvgIpc) is 2.70. The van der Waals surface area contributed by atoms with Crippen molar-refractivity contribution >= 4 is 21.6 Å². The topological polar surface area (TPSA) is 75.7 Å². The van der Waals surface area contributed by atoms with E-state index in [1.807, 2.05) is 12.1 Å². The molecule has 1 amide bonds. The van der Waals surface area contributed by atoms with Crippen LogP contribution in [-0.4, -0.2) is 38.8 Å². The number of methoxy groups -OCH3 is 1. The lowest BCUT2D eigenvalue weighted by Gasteiger charge is -2.30. The Morgan fingerprint density at radius 1 is 1.14 bits per heavy atom. The van der Waals surface area contributed by atoms with E-state index in [0.717, 1.165) is 0 Å². The Bertz CT molecular complexity index is 923. The van der Waals surface area contributed by atoms with Gasteiger partial charge in [0, 0.05) is 19.0 Å². The minimum atomic E-state index is -3.51. The summed E-state index contributed by atoms with van der Waals surface area (Å²) in [4.78, 5) is 12.5. The number of benzene rings is 2. The van der Waals surface area contributed by atoms with Gasteiger partial charge in [-0.05, 0) is 42.7 Å². The van der Waals surface area contributed by atoms with Crippen LogP contribution >= 0.6 is 0 Å². The number of ether oxygens (including phenoxy) is 1. The average molecular weight is 406 g/mol. The number of sulfonamides is 1. The highest BCUT2D eigenvalue weighted by atomic mass is 32.2. The van der Waals surface area contributed by atoms with Gasteiger partial charge in [-0.3, -0.25) is 4.79 Å². The molecular weight excluding hydrogens is 383 g/mol. The molecule has 150 valence electrons. The summed E-state index contributed by atoms with van der Waals surface area (Å²) in [6.07, 6.45) is 0.896. The Kier molecular flexibility index (Phi) is 6.31. The van der Waals surface area contributed by atoms with E-state index >= 15 is 0 Å². The molecule has 0 radical (unpaired) electrons. The number of carbonyl (C=O) groups is 1. The van der Waals surface area contributed by atoms with Crippen LogP contribution in [0.1, 0.15) is 18.4 Å². The van der Waals surface area contributed by atoms with E-state index in [-0.39, 0.29) is 30.7 Å². The number of carbonyl (C=O) groups excluding carboxylic acids is 1. The predicted molar refractivity (Wildman–Crippen MR) is 105 cm³/mol. The summed E-state index contributed by atoms with van der Waals surface area (Å²) >= 11 is 0. The van der Waals surface area contributed by atoms with Crippen LogP contribution in [0.2, 0.25) is 0 Å². The lowest BCUT2D eigenvalue weighted by molar-refractivity contribution is -0.120. The summed E-state index contributed by atoms with van der Waals surface area (Å²) in [5, 5.41) is 2.86.